The topological polar surface area (TPSA) is 9.86 Å². The molecule has 2 heterocycles. The van der Waals surface area contributed by atoms with Crippen LogP contribution in [0, 0.1) is 12.1 Å². The van der Waals surface area contributed by atoms with Crippen molar-refractivity contribution in [3.63, 3.8) is 0 Å². The number of para-hydroxylation sites is 3. The minimum absolute atomic E-state index is 0.121. The zero-order valence-electron chi connectivity index (χ0n) is 30.5. The predicted molar refractivity (Wildman–Crippen MR) is 230 cm³/mol. The highest BCUT2D eigenvalue weighted by molar-refractivity contribution is 6.11. The Labute approximate surface area is 320 Å². The first-order valence-electron chi connectivity index (χ1n) is 19.1. The molecular weight excluding hydrogens is 665 g/mol. The Morgan fingerprint density at radius 2 is 1.16 bits per heavy atom. The molecule has 258 valence electrons. The average molecular weight is 701 g/mol. The van der Waals surface area contributed by atoms with Crippen LogP contribution in [0.4, 0.5) is 0 Å². The van der Waals surface area contributed by atoms with Crippen LogP contribution >= 0.6 is 0 Å². The predicted octanol–water partition coefficient (Wildman–Crippen LogP) is 13.3. The van der Waals surface area contributed by atoms with Gasteiger partial charge in [-0.25, -0.2) is 0 Å². The lowest BCUT2D eigenvalue weighted by molar-refractivity contribution is 0.588. The van der Waals surface area contributed by atoms with Crippen LogP contribution in [0.25, 0.3) is 83.2 Å². The Morgan fingerprint density at radius 1 is 0.509 bits per heavy atom. The summed E-state index contributed by atoms with van der Waals surface area (Å²) >= 11 is 0. The van der Waals surface area contributed by atoms with Crippen molar-refractivity contribution in [2.75, 3.05) is 0 Å². The van der Waals surface area contributed by atoms with E-state index in [1.165, 1.54) is 82.9 Å². The summed E-state index contributed by atoms with van der Waals surface area (Å²) in [6.07, 6.45) is 5.71. The van der Waals surface area contributed by atoms with E-state index in [-0.39, 0.29) is 5.41 Å². The molecule has 10 aromatic rings. The van der Waals surface area contributed by atoms with Crippen molar-refractivity contribution < 1.29 is 0 Å². The van der Waals surface area contributed by atoms with Crippen LogP contribution in [0.2, 0.25) is 0 Å². The van der Waals surface area contributed by atoms with Crippen LogP contribution in [0.5, 0.6) is 0 Å². The molecule has 11 rings (SSSR count). The smallest absolute Gasteiger partial charge is 0.0547 e. The molecule has 1 atom stereocenters. The summed E-state index contributed by atoms with van der Waals surface area (Å²) in [6, 6.07) is 70.4. The highest BCUT2D eigenvalue weighted by Gasteiger charge is 2.31. The van der Waals surface area contributed by atoms with E-state index in [2.05, 4.69) is 210 Å². The number of hydrogen-bond acceptors (Lipinski definition) is 0. The van der Waals surface area contributed by atoms with E-state index < -0.39 is 0 Å². The van der Waals surface area contributed by atoms with Gasteiger partial charge in [0.2, 0.25) is 0 Å². The van der Waals surface area contributed by atoms with Crippen LogP contribution in [0.15, 0.2) is 182 Å². The molecule has 0 radical (unpaired) electrons. The fraction of sp³-hybridized carbons (Fsp3) is 0.0566. The van der Waals surface area contributed by atoms with Gasteiger partial charge in [-0.1, -0.05) is 128 Å². The third-order valence-corrected chi connectivity index (χ3v) is 11.8. The van der Waals surface area contributed by atoms with Crippen molar-refractivity contribution >= 4 is 49.6 Å². The van der Waals surface area contributed by atoms with E-state index in [1.54, 1.807) is 0 Å². The Hall–Kier alpha value is -7.08. The Balaban J connectivity index is 0.975. The molecule has 8 aromatic carbocycles. The molecular formula is C53H36N2. The minimum Gasteiger partial charge on any atom is -0.310 e. The second-order valence-electron chi connectivity index (χ2n) is 15.1. The molecule has 55 heavy (non-hydrogen) atoms. The molecule has 2 aromatic heterocycles. The maximum atomic E-state index is 3.23. The molecule has 0 spiro atoms. The number of benzene rings is 7. The number of fused-ring (bicyclic) bond motifs is 7. The maximum absolute atomic E-state index is 3.23. The lowest BCUT2D eigenvalue weighted by Gasteiger charge is -2.30. The average Bonchev–Trinajstić information content (AvgIpc) is 3.75. The lowest BCUT2D eigenvalue weighted by Crippen LogP contribution is -2.25. The second-order valence-corrected chi connectivity index (χ2v) is 15.1. The van der Waals surface area contributed by atoms with Gasteiger partial charge in [0.1, 0.15) is 0 Å². The van der Waals surface area contributed by atoms with Crippen LogP contribution in [-0.4, -0.2) is 9.13 Å². The highest BCUT2D eigenvalue weighted by atomic mass is 15.0. The van der Waals surface area contributed by atoms with Gasteiger partial charge in [-0.05, 0) is 124 Å². The molecule has 1 aliphatic carbocycles. The van der Waals surface area contributed by atoms with Gasteiger partial charge in [0.15, 0.2) is 0 Å². The maximum Gasteiger partial charge on any atom is 0.0547 e. The molecule has 0 aliphatic heterocycles. The normalized spacial score (nSPS) is 15.1. The molecule has 0 saturated carbocycles. The summed E-state index contributed by atoms with van der Waals surface area (Å²) in [5, 5.41) is 6.08. The van der Waals surface area contributed by atoms with Crippen LogP contribution in [-0.2, 0) is 11.8 Å². The first-order valence-corrected chi connectivity index (χ1v) is 19.1. The monoisotopic (exact) mass is 700 g/mol. The van der Waals surface area contributed by atoms with Gasteiger partial charge in [0.05, 0.1) is 16.6 Å². The van der Waals surface area contributed by atoms with E-state index in [0.29, 0.717) is 0 Å². The number of hydrogen-bond donors (Lipinski definition) is 0. The lowest BCUT2D eigenvalue weighted by atomic mass is 9.73. The number of allylic oxidation sites excluding steroid dienone is 1. The van der Waals surface area contributed by atoms with E-state index in [0.717, 1.165) is 17.5 Å². The molecule has 0 saturated heterocycles. The van der Waals surface area contributed by atoms with Gasteiger partial charge >= 0.3 is 0 Å². The summed E-state index contributed by atoms with van der Waals surface area (Å²) in [7, 11) is 0. The third kappa shape index (κ3) is 5.05. The molecule has 1 aliphatic rings. The van der Waals surface area contributed by atoms with Gasteiger partial charge in [0, 0.05) is 44.0 Å². The quantitative estimate of drug-likeness (QED) is 0.169. The second kappa shape index (κ2) is 12.2. The molecule has 0 N–H and O–H groups in total. The van der Waals surface area contributed by atoms with Crippen LogP contribution in [0.3, 0.4) is 0 Å². The SMILES string of the molecule is CC1(c2ccc(-c3ccc4c(c3)c3ccc(-c5ccc6c#cccc6c5)cc3n4-c3ccccc3)cc2)C=Cc2c(c3ccccc3n2-c2ccccc2)C1. The van der Waals surface area contributed by atoms with Gasteiger partial charge in [-0.3, -0.25) is 0 Å². The fourth-order valence-electron chi connectivity index (χ4n) is 8.95. The summed E-state index contributed by atoms with van der Waals surface area (Å²) in [5.74, 6) is 0. The Bertz CT molecular complexity index is 3110. The van der Waals surface area contributed by atoms with Crippen molar-refractivity contribution in [2.24, 2.45) is 0 Å². The standard InChI is InChI=1S/C53H36N2/c1-53(31-30-51-48(35-53)45-18-10-11-19-49(45)54(51)43-14-4-2-5-15-43)42-26-22-37(23-27-42)40-25-29-50-47(33-40)46-28-24-41(34-52(46)55(50)44-16-6-3-7-17-44)39-21-20-36-12-8-9-13-38(36)32-39/h2-7,9-11,13-34H,35H2,1H3. The van der Waals surface area contributed by atoms with Crippen molar-refractivity contribution in [3.05, 3.63) is 211 Å². The van der Waals surface area contributed by atoms with E-state index in [9.17, 15) is 0 Å². The van der Waals surface area contributed by atoms with E-state index in [1.807, 2.05) is 6.07 Å². The first-order chi connectivity index (χ1) is 27.1. The Morgan fingerprint density at radius 3 is 1.98 bits per heavy atom. The fourth-order valence-corrected chi connectivity index (χ4v) is 8.95. The highest BCUT2D eigenvalue weighted by Crippen LogP contribution is 2.43. The molecule has 2 nitrogen and oxygen atoms in total. The third-order valence-electron chi connectivity index (χ3n) is 11.8. The number of rotatable bonds is 5. The zero-order valence-corrected chi connectivity index (χ0v) is 30.5. The van der Waals surface area contributed by atoms with E-state index >= 15 is 0 Å². The summed E-state index contributed by atoms with van der Waals surface area (Å²) in [4.78, 5) is 0. The van der Waals surface area contributed by atoms with Crippen LogP contribution < -0.4 is 0 Å². The van der Waals surface area contributed by atoms with E-state index in [4.69, 9.17) is 0 Å². The molecule has 1 unspecified atom stereocenters. The zero-order chi connectivity index (χ0) is 36.5. The first kappa shape index (κ1) is 31.4. The summed E-state index contributed by atoms with van der Waals surface area (Å²) in [5.41, 5.74) is 14.7. The molecule has 0 fully saturated rings. The van der Waals surface area contributed by atoms with Gasteiger partial charge in [0.25, 0.3) is 0 Å². The van der Waals surface area contributed by atoms with Crippen molar-refractivity contribution in [2.45, 2.75) is 18.8 Å². The Kier molecular flexibility index (Phi) is 7.00. The minimum atomic E-state index is -0.121. The van der Waals surface area contributed by atoms with Crippen molar-refractivity contribution in [1.82, 2.24) is 9.13 Å². The van der Waals surface area contributed by atoms with Crippen molar-refractivity contribution in [1.29, 1.82) is 0 Å². The summed E-state index contributed by atoms with van der Waals surface area (Å²) < 4.78 is 4.82. The molecule has 0 amide bonds. The van der Waals surface area contributed by atoms with Crippen LogP contribution in [0.1, 0.15) is 23.7 Å². The number of aromatic nitrogens is 2. The molecule has 0 bridgehead atoms. The van der Waals surface area contributed by atoms with Gasteiger partial charge < -0.3 is 9.13 Å². The van der Waals surface area contributed by atoms with Gasteiger partial charge in [-0.15, -0.1) is 0 Å². The summed E-state index contributed by atoms with van der Waals surface area (Å²) in [6.45, 7) is 2.38. The van der Waals surface area contributed by atoms with Crippen molar-refractivity contribution in [3.8, 4) is 33.6 Å². The molecule has 2 heteroatoms. The number of nitrogens with zero attached hydrogens (tertiary/aromatic N) is 2. The largest absolute Gasteiger partial charge is 0.310 e. The van der Waals surface area contributed by atoms with Gasteiger partial charge in [-0.2, -0.15) is 0 Å².